The number of methoxy groups -OCH3 is 1. The number of benzene rings is 1. The van der Waals surface area contributed by atoms with E-state index < -0.39 is 0 Å². The number of hydrogen-bond acceptors (Lipinski definition) is 3. The number of hydrogen-bond donors (Lipinski definition) is 1. The van der Waals surface area contributed by atoms with Crippen LogP contribution in [0, 0.1) is 0 Å². The summed E-state index contributed by atoms with van der Waals surface area (Å²) in [7, 11) is 1.61. The van der Waals surface area contributed by atoms with E-state index in [9.17, 15) is 4.79 Å². The summed E-state index contributed by atoms with van der Waals surface area (Å²) >= 11 is 9.17. The average molecular weight is 337 g/mol. The number of nitrogens with one attached hydrogen (secondary N) is 1. The molecule has 0 spiro atoms. The molecular formula is C12H15BrClNO3. The largest absolute Gasteiger partial charge is 0.484 e. The van der Waals surface area contributed by atoms with Gasteiger partial charge in [-0.2, -0.15) is 0 Å². The van der Waals surface area contributed by atoms with Gasteiger partial charge in [-0.05, 0) is 18.2 Å². The molecule has 0 aliphatic rings. The maximum atomic E-state index is 11.5. The highest BCUT2D eigenvalue weighted by molar-refractivity contribution is 9.09. The first-order valence-corrected chi connectivity index (χ1v) is 6.69. The summed E-state index contributed by atoms with van der Waals surface area (Å²) in [6.45, 7) is 0.994. The lowest BCUT2D eigenvalue weighted by molar-refractivity contribution is -0.123. The molecular weight excluding hydrogens is 321 g/mol. The van der Waals surface area contributed by atoms with Gasteiger partial charge in [0.1, 0.15) is 5.75 Å². The van der Waals surface area contributed by atoms with Crippen LogP contribution in [0.15, 0.2) is 24.3 Å². The summed E-state index contributed by atoms with van der Waals surface area (Å²) in [6, 6.07) is 6.92. The molecule has 100 valence electrons. The molecule has 0 saturated heterocycles. The predicted molar refractivity (Wildman–Crippen MR) is 74.5 cm³/mol. The van der Waals surface area contributed by atoms with Gasteiger partial charge in [-0.25, -0.2) is 0 Å². The van der Waals surface area contributed by atoms with Crippen LogP contribution in [0.1, 0.15) is 0 Å². The second-order valence-corrected chi connectivity index (χ2v) is 5.33. The minimum absolute atomic E-state index is 0.0347. The summed E-state index contributed by atoms with van der Waals surface area (Å²) in [5, 5.41) is 3.31. The van der Waals surface area contributed by atoms with Gasteiger partial charge in [0.15, 0.2) is 6.61 Å². The predicted octanol–water partition coefficient (Wildman–Crippen LogP) is 2.24. The van der Waals surface area contributed by atoms with E-state index in [2.05, 4.69) is 21.2 Å². The molecule has 18 heavy (non-hydrogen) atoms. The van der Waals surface area contributed by atoms with Crippen LogP contribution >= 0.6 is 27.5 Å². The molecule has 1 unspecified atom stereocenters. The van der Waals surface area contributed by atoms with E-state index in [0.717, 1.165) is 0 Å². The number of halogens is 2. The van der Waals surface area contributed by atoms with Crippen molar-refractivity contribution >= 4 is 33.4 Å². The van der Waals surface area contributed by atoms with Crippen molar-refractivity contribution in [3.05, 3.63) is 29.3 Å². The van der Waals surface area contributed by atoms with Crippen LogP contribution in [0.4, 0.5) is 0 Å². The van der Waals surface area contributed by atoms with Gasteiger partial charge in [-0.15, -0.1) is 0 Å². The fourth-order valence-electron chi connectivity index (χ4n) is 1.22. The van der Waals surface area contributed by atoms with Crippen molar-refractivity contribution in [3.8, 4) is 5.75 Å². The highest BCUT2D eigenvalue weighted by Crippen LogP contribution is 2.16. The lowest BCUT2D eigenvalue weighted by Crippen LogP contribution is -2.34. The molecule has 1 N–H and O–H groups in total. The van der Waals surface area contributed by atoms with Crippen LogP contribution in [-0.2, 0) is 9.53 Å². The Morgan fingerprint density at radius 1 is 1.56 bits per heavy atom. The van der Waals surface area contributed by atoms with Gasteiger partial charge in [0.25, 0.3) is 5.91 Å². The smallest absolute Gasteiger partial charge is 0.257 e. The van der Waals surface area contributed by atoms with Gasteiger partial charge in [0.2, 0.25) is 0 Å². The Morgan fingerprint density at radius 2 is 2.33 bits per heavy atom. The topological polar surface area (TPSA) is 47.6 Å². The number of ether oxygens (including phenoxy) is 2. The Bertz CT molecular complexity index is 389. The summed E-state index contributed by atoms with van der Waals surface area (Å²) < 4.78 is 10.2. The fourth-order valence-corrected chi connectivity index (χ4v) is 1.83. The number of carbonyl (C=O) groups excluding carboxylic acids is 1. The van der Waals surface area contributed by atoms with Crippen LogP contribution in [0.5, 0.6) is 5.75 Å². The molecule has 0 aliphatic carbocycles. The Balaban J connectivity index is 2.25. The number of amides is 1. The van der Waals surface area contributed by atoms with E-state index in [1.807, 2.05) is 0 Å². The van der Waals surface area contributed by atoms with Crippen molar-refractivity contribution in [3.63, 3.8) is 0 Å². The molecule has 0 heterocycles. The molecule has 1 atom stereocenters. The van der Waals surface area contributed by atoms with Crippen molar-refractivity contribution in [1.82, 2.24) is 5.32 Å². The minimum Gasteiger partial charge on any atom is -0.484 e. The summed E-state index contributed by atoms with van der Waals surface area (Å²) in [6.07, 6.45) is 0. The van der Waals surface area contributed by atoms with Crippen molar-refractivity contribution in [1.29, 1.82) is 0 Å². The SMILES string of the molecule is COCC(Br)CNC(=O)COc1cccc(Cl)c1. The molecule has 0 radical (unpaired) electrons. The van der Waals surface area contributed by atoms with Gasteiger partial charge in [0.05, 0.1) is 11.4 Å². The van der Waals surface area contributed by atoms with E-state index in [-0.39, 0.29) is 17.3 Å². The quantitative estimate of drug-likeness (QED) is 0.777. The van der Waals surface area contributed by atoms with Crippen LogP contribution in [0.25, 0.3) is 0 Å². The van der Waals surface area contributed by atoms with E-state index >= 15 is 0 Å². The first kappa shape index (κ1) is 15.3. The number of carbonyl (C=O) groups is 1. The van der Waals surface area contributed by atoms with Crippen LogP contribution in [0.2, 0.25) is 5.02 Å². The third kappa shape index (κ3) is 6.23. The standard InChI is InChI=1S/C12H15BrClNO3/c1-17-7-9(13)6-15-12(16)8-18-11-4-2-3-10(14)5-11/h2-5,9H,6-8H2,1H3,(H,15,16). The first-order valence-electron chi connectivity index (χ1n) is 5.40. The van der Waals surface area contributed by atoms with Crippen LogP contribution < -0.4 is 10.1 Å². The molecule has 6 heteroatoms. The summed E-state index contributed by atoms with van der Waals surface area (Å²) in [4.78, 5) is 11.6. The summed E-state index contributed by atoms with van der Waals surface area (Å²) in [5.41, 5.74) is 0. The molecule has 0 bridgehead atoms. The van der Waals surface area contributed by atoms with Gasteiger partial charge in [-0.1, -0.05) is 33.6 Å². The molecule has 1 amide bonds. The van der Waals surface area contributed by atoms with Crippen molar-refractivity contribution in [2.45, 2.75) is 4.83 Å². The van der Waals surface area contributed by atoms with Crippen molar-refractivity contribution < 1.29 is 14.3 Å². The third-order valence-electron chi connectivity index (χ3n) is 2.03. The Hall–Kier alpha value is -0.780. The van der Waals surface area contributed by atoms with Gasteiger partial charge >= 0.3 is 0 Å². The highest BCUT2D eigenvalue weighted by atomic mass is 79.9. The van der Waals surface area contributed by atoms with Gasteiger partial charge in [-0.3, -0.25) is 4.79 Å². The Kier molecular flexibility index (Phi) is 7.08. The second-order valence-electron chi connectivity index (χ2n) is 3.60. The van der Waals surface area contributed by atoms with Gasteiger partial charge in [0, 0.05) is 18.7 Å². The van der Waals surface area contributed by atoms with E-state index in [1.165, 1.54) is 0 Å². The number of alkyl halides is 1. The highest BCUT2D eigenvalue weighted by Gasteiger charge is 2.07. The second kappa shape index (κ2) is 8.34. The molecule has 0 saturated carbocycles. The number of rotatable bonds is 7. The monoisotopic (exact) mass is 335 g/mol. The Morgan fingerprint density at radius 3 is 3.00 bits per heavy atom. The zero-order valence-corrected chi connectivity index (χ0v) is 12.3. The Labute approximate surface area is 120 Å². The van der Waals surface area contributed by atoms with E-state index in [4.69, 9.17) is 21.1 Å². The maximum Gasteiger partial charge on any atom is 0.257 e. The fraction of sp³-hybridized carbons (Fsp3) is 0.417. The zero-order chi connectivity index (χ0) is 13.4. The first-order chi connectivity index (χ1) is 8.61. The normalized spacial score (nSPS) is 11.9. The lowest BCUT2D eigenvalue weighted by atomic mass is 10.3. The molecule has 0 aromatic heterocycles. The third-order valence-corrected chi connectivity index (χ3v) is 2.86. The zero-order valence-electron chi connectivity index (χ0n) is 9.99. The molecule has 1 aromatic rings. The maximum absolute atomic E-state index is 11.5. The minimum atomic E-state index is -0.185. The molecule has 0 aliphatic heterocycles. The lowest BCUT2D eigenvalue weighted by Gasteiger charge is -2.11. The van der Waals surface area contributed by atoms with Crippen molar-refractivity contribution in [2.24, 2.45) is 0 Å². The van der Waals surface area contributed by atoms with Gasteiger partial charge < -0.3 is 14.8 Å². The van der Waals surface area contributed by atoms with Crippen LogP contribution in [-0.4, -0.2) is 37.6 Å². The molecule has 4 nitrogen and oxygen atoms in total. The summed E-state index contributed by atoms with van der Waals surface area (Å²) in [5.74, 6) is 0.389. The van der Waals surface area contributed by atoms with E-state index in [0.29, 0.717) is 23.9 Å². The molecule has 1 aromatic carbocycles. The average Bonchev–Trinajstić information content (AvgIpc) is 2.34. The molecule has 1 rings (SSSR count). The molecule has 0 fully saturated rings. The van der Waals surface area contributed by atoms with Crippen LogP contribution in [0.3, 0.4) is 0 Å². The van der Waals surface area contributed by atoms with Crippen molar-refractivity contribution in [2.75, 3.05) is 26.9 Å². The van der Waals surface area contributed by atoms with E-state index in [1.54, 1.807) is 31.4 Å².